The van der Waals surface area contributed by atoms with Gasteiger partial charge in [0.25, 0.3) is 0 Å². The first kappa shape index (κ1) is 10.7. The van der Waals surface area contributed by atoms with Crippen molar-refractivity contribution in [3.63, 3.8) is 0 Å². The predicted molar refractivity (Wildman–Crippen MR) is 49.7 cm³/mol. The van der Waals surface area contributed by atoms with E-state index in [0.29, 0.717) is 12.5 Å². The number of ether oxygens (including phenoxy) is 2. The van der Waals surface area contributed by atoms with Crippen molar-refractivity contribution in [3.8, 4) is 0 Å². The van der Waals surface area contributed by atoms with Crippen LogP contribution in [-0.2, 0) is 14.3 Å². The van der Waals surface area contributed by atoms with E-state index in [1.807, 2.05) is 0 Å². The molecule has 76 valence electrons. The van der Waals surface area contributed by atoms with Gasteiger partial charge in [0.15, 0.2) is 5.78 Å². The molecule has 0 saturated carbocycles. The van der Waals surface area contributed by atoms with Crippen molar-refractivity contribution in [2.24, 2.45) is 0 Å². The maximum Gasteiger partial charge on any atom is 0.158 e. The monoisotopic (exact) mass is 186 g/mol. The number of ketones is 1. The van der Waals surface area contributed by atoms with Gasteiger partial charge in [-0.25, -0.2) is 0 Å². The van der Waals surface area contributed by atoms with E-state index in [0.717, 1.165) is 19.4 Å². The first-order chi connectivity index (χ1) is 6.33. The van der Waals surface area contributed by atoms with Crippen molar-refractivity contribution in [2.75, 3.05) is 20.3 Å². The van der Waals surface area contributed by atoms with Gasteiger partial charge in [-0.1, -0.05) is 0 Å². The lowest BCUT2D eigenvalue weighted by atomic mass is 10.1. The molecule has 0 bridgehead atoms. The minimum atomic E-state index is 0.195. The Morgan fingerprint density at radius 2 is 2.46 bits per heavy atom. The highest BCUT2D eigenvalue weighted by molar-refractivity contribution is 5.79. The van der Waals surface area contributed by atoms with Gasteiger partial charge in [-0.05, 0) is 25.7 Å². The minimum Gasteiger partial charge on any atom is -0.378 e. The number of hydrogen-bond acceptors (Lipinski definition) is 3. The quantitative estimate of drug-likeness (QED) is 0.631. The van der Waals surface area contributed by atoms with E-state index >= 15 is 0 Å². The summed E-state index contributed by atoms with van der Waals surface area (Å²) < 4.78 is 10.2. The third-order valence-electron chi connectivity index (χ3n) is 2.31. The summed E-state index contributed by atoms with van der Waals surface area (Å²) >= 11 is 0. The van der Waals surface area contributed by atoms with E-state index in [4.69, 9.17) is 9.47 Å². The molecule has 3 heteroatoms. The summed E-state index contributed by atoms with van der Waals surface area (Å²) in [4.78, 5) is 11.1. The fourth-order valence-corrected chi connectivity index (χ4v) is 1.63. The molecule has 1 aliphatic rings. The Labute approximate surface area is 79.4 Å². The van der Waals surface area contributed by atoms with Crippen LogP contribution in [0.25, 0.3) is 0 Å². The summed E-state index contributed by atoms with van der Waals surface area (Å²) in [5.74, 6) is 0.195. The van der Waals surface area contributed by atoms with Crippen molar-refractivity contribution in [2.45, 2.75) is 38.2 Å². The lowest BCUT2D eigenvalue weighted by molar-refractivity contribution is -0.122. The van der Waals surface area contributed by atoms with Crippen LogP contribution >= 0.6 is 0 Å². The average molecular weight is 186 g/mol. The van der Waals surface area contributed by atoms with Gasteiger partial charge >= 0.3 is 0 Å². The van der Waals surface area contributed by atoms with Gasteiger partial charge in [-0.2, -0.15) is 0 Å². The van der Waals surface area contributed by atoms with Gasteiger partial charge in [-0.3, -0.25) is 4.79 Å². The zero-order valence-corrected chi connectivity index (χ0v) is 8.25. The van der Waals surface area contributed by atoms with Gasteiger partial charge < -0.3 is 9.47 Å². The molecule has 0 aromatic carbocycles. The summed E-state index contributed by atoms with van der Waals surface area (Å²) in [6.07, 6.45) is 5.35. The molecule has 0 aromatic heterocycles. The van der Waals surface area contributed by atoms with E-state index in [9.17, 15) is 4.79 Å². The fraction of sp³-hybridized carbons (Fsp3) is 0.900. The molecule has 0 aromatic rings. The smallest absolute Gasteiger partial charge is 0.158 e. The number of carbonyl (C=O) groups is 1. The third-order valence-corrected chi connectivity index (χ3v) is 2.31. The van der Waals surface area contributed by atoms with Crippen LogP contribution in [0.4, 0.5) is 0 Å². The molecule has 1 saturated heterocycles. The van der Waals surface area contributed by atoms with Crippen LogP contribution in [0.2, 0.25) is 0 Å². The number of methoxy groups -OCH3 is 1. The highest BCUT2D eigenvalue weighted by Gasteiger charge is 2.15. The van der Waals surface area contributed by atoms with E-state index in [1.54, 1.807) is 7.11 Å². The molecule has 0 amide bonds. The second-order valence-electron chi connectivity index (χ2n) is 3.50. The van der Waals surface area contributed by atoms with Crippen molar-refractivity contribution in [1.29, 1.82) is 0 Å². The Kier molecular flexibility index (Phi) is 5.01. The van der Waals surface area contributed by atoms with Gasteiger partial charge in [0.05, 0.1) is 6.10 Å². The molecule has 1 heterocycles. The standard InChI is InChI=1S/C10H18O3/c1-12-8-9(11)4-2-5-10-6-3-7-13-10/h10H,2-8H2,1H3. The Balaban J connectivity index is 1.96. The molecule has 0 N–H and O–H groups in total. The zero-order valence-electron chi connectivity index (χ0n) is 8.25. The van der Waals surface area contributed by atoms with Gasteiger partial charge in [0.1, 0.15) is 6.61 Å². The molecule has 3 nitrogen and oxygen atoms in total. The molecule has 1 unspecified atom stereocenters. The molecule has 0 spiro atoms. The minimum absolute atomic E-state index is 0.195. The topological polar surface area (TPSA) is 35.5 Å². The summed E-state index contributed by atoms with van der Waals surface area (Å²) in [5, 5.41) is 0. The van der Waals surface area contributed by atoms with Crippen LogP contribution < -0.4 is 0 Å². The molecule has 1 fully saturated rings. The van der Waals surface area contributed by atoms with Crippen molar-refractivity contribution in [3.05, 3.63) is 0 Å². The average Bonchev–Trinajstić information content (AvgIpc) is 2.57. The van der Waals surface area contributed by atoms with Crippen molar-refractivity contribution >= 4 is 5.78 Å². The number of rotatable bonds is 6. The van der Waals surface area contributed by atoms with Crippen LogP contribution in [0.5, 0.6) is 0 Å². The molecule has 0 aliphatic carbocycles. The molecule has 1 atom stereocenters. The number of carbonyl (C=O) groups excluding carboxylic acids is 1. The lowest BCUT2D eigenvalue weighted by Gasteiger charge is -2.07. The first-order valence-electron chi connectivity index (χ1n) is 4.95. The van der Waals surface area contributed by atoms with Gasteiger partial charge in [0, 0.05) is 20.1 Å². The van der Waals surface area contributed by atoms with E-state index < -0.39 is 0 Å². The third kappa shape index (κ3) is 4.39. The Morgan fingerprint density at radius 3 is 3.08 bits per heavy atom. The van der Waals surface area contributed by atoms with Gasteiger partial charge in [0.2, 0.25) is 0 Å². The van der Waals surface area contributed by atoms with E-state index in [2.05, 4.69) is 0 Å². The summed E-state index contributed by atoms with van der Waals surface area (Å²) in [6.45, 7) is 1.15. The Hall–Kier alpha value is -0.410. The Morgan fingerprint density at radius 1 is 1.62 bits per heavy atom. The van der Waals surface area contributed by atoms with Crippen LogP contribution in [0.15, 0.2) is 0 Å². The predicted octanol–water partition coefficient (Wildman–Crippen LogP) is 1.55. The SMILES string of the molecule is COCC(=O)CCCC1CCCO1. The van der Waals surface area contributed by atoms with Crippen LogP contribution in [-0.4, -0.2) is 32.2 Å². The van der Waals surface area contributed by atoms with Gasteiger partial charge in [-0.15, -0.1) is 0 Å². The summed E-state index contributed by atoms with van der Waals surface area (Å²) in [5.41, 5.74) is 0. The maximum absolute atomic E-state index is 11.1. The Bertz CT molecular complexity index is 150. The lowest BCUT2D eigenvalue weighted by Crippen LogP contribution is -2.09. The molecule has 1 rings (SSSR count). The summed E-state index contributed by atoms with van der Waals surface area (Å²) in [6, 6.07) is 0. The zero-order chi connectivity index (χ0) is 9.52. The molecule has 0 radical (unpaired) electrons. The fourth-order valence-electron chi connectivity index (χ4n) is 1.63. The second kappa shape index (κ2) is 6.11. The number of hydrogen-bond donors (Lipinski definition) is 0. The normalized spacial score (nSPS) is 22.1. The van der Waals surface area contributed by atoms with E-state index in [-0.39, 0.29) is 12.4 Å². The highest BCUT2D eigenvalue weighted by Crippen LogP contribution is 2.17. The second-order valence-corrected chi connectivity index (χ2v) is 3.50. The van der Waals surface area contributed by atoms with Crippen molar-refractivity contribution in [1.82, 2.24) is 0 Å². The highest BCUT2D eigenvalue weighted by atomic mass is 16.5. The van der Waals surface area contributed by atoms with E-state index in [1.165, 1.54) is 12.8 Å². The molecular formula is C10H18O3. The first-order valence-corrected chi connectivity index (χ1v) is 4.95. The molecule has 1 aliphatic heterocycles. The number of Topliss-reactive ketones (excluding diaryl/α,β-unsaturated/α-hetero) is 1. The van der Waals surface area contributed by atoms with Crippen LogP contribution in [0.3, 0.4) is 0 Å². The molecular weight excluding hydrogens is 168 g/mol. The largest absolute Gasteiger partial charge is 0.378 e. The summed E-state index contributed by atoms with van der Waals surface area (Å²) in [7, 11) is 1.55. The van der Waals surface area contributed by atoms with Crippen molar-refractivity contribution < 1.29 is 14.3 Å². The maximum atomic E-state index is 11.1. The van der Waals surface area contributed by atoms with Crippen LogP contribution in [0.1, 0.15) is 32.1 Å². The van der Waals surface area contributed by atoms with Crippen LogP contribution in [0, 0.1) is 0 Å². The molecule has 13 heavy (non-hydrogen) atoms.